The van der Waals surface area contributed by atoms with E-state index in [0.29, 0.717) is 10.0 Å². The van der Waals surface area contributed by atoms with Crippen molar-refractivity contribution >= 4 is 33.4 Å². The predicted molar refractivity (Wildman–Crippen MR) is 102 cm³/mol. The molecule has 6 nitrogen and oxygen atoms in total. The van der Waals surface area contributed by atoms with E-state index < -0.39 is 17.6 Å². The number of rotatable bonds is 5. The number of carbonyl (C=O) groups excluding carboxylic acids is 2. The summed E-state index contributed by atoms with van der Waals surface area (Å²) in [4.78, 5) is 32.7. The molecule has 2 N–H and O–H groups in total. The van der Waals surface area contributed by atoms with Gasteiger partial charge in [0, 0.05) is 23.4 Å². The number of nitrogens with zero attached hydrogens (tertiary/aromatic N) is 2. The van der Waals surface area contributed by atoms with Gasteiger partial charge in [-0.15, -0.1) is 0 Å². The third-order valence-corrected chi connectivity index (χ3v) is 4.17. The third-order valence-electron chi connectivity index (χ3n) is 3.67. The summed E-state index contributed by atoms with van der Waals surface area (Å²) in [6.07, 6.45) is 2.52. The molecule has 1 heterocycles. The molecule has 0 saturated carbocycles. The zero-order valence-corrected chi connectivity index (χ0v) is 15.8. The van der Waals surface area contributed by atoms with Gasteiger partial charge in [0.05, 0.1) is 5.69 Å². The Kier molecular flexibility index (Phi) is 6.05. The number of aromatic nitrogens is 2. The van der Waals surface area contributed by atoms with Crippen molar-refractivity contribution in [3.05, 3.63) is 87.9 Å². The number of nitrogens with one attached hydrogen (secondary N) is 2. The van der Waals surface area contributed by atoms with E-state index in [0.717, 1.165) is 0 Å². The molecule has 0 saturated heterocycles. The molecule has 0 aliphatic heterocycles. The van der Waals surface area contributed by atoms with E-state index in [-0.39, 0.29) is 29.4 Å². The lowest BCUT2D eigenvalue weighted by molar-refractivity contribution is 0.0930. The van der Waals surface area contributed by atoms with Gasteiger partial charge < -0.3 is 10.6 Å². The van der Waals surface area contributed by atoms with E-state index in [1.807, 2.05) is 0 Å². The average Bonchev–Trinajstić information content (AvgIpc) is 2.69. The van der Waals surface area contributed by atoms with Crippen molar-refractivity contribution in [3.63, 3.8) is 0 Å². The molecule has 0 radical (unpaired) electrons. The standard InChI is InChI=1S/C19H13BrF2N4O2/c20-12-3-6-15(14(22)9-12)26-19(28)17-16(23-7-8-24-17)18(27)25-10-11-1-4-13(21)5-2-11/h1-9H,10H2,(H,25,27)(H,26,28). The van der Waals surface area contributed by atoms with Crippen LogP contribution in [0.1, 0.15) is 26.5 Å². The lowest BCUT2D eigenvalue weighted by Crippen LogP contribution is -2.28. The fourth-order valence-corrected chi connectivity index (χ4v) is 2.64. The van der Waals surface area contributed by atoms with Crippen LogP contribution in [0, 0.1) is 11.6 Å². The van der Waals surface area contributed by atoms with E-state index in [1.165, 1.54) is 48.8 Å². The second-order valence-electron chi connectivity index (χ2n) is 5.64. The fraction of sp³-hybridized carbons (Fsp3) is 0.0526. The van der Waals surface area contributed by atoms with Crippen LogP contribution in [0.2, 0.25) is 0 Å². The smallest absolute Gasteiger partial charge is 0.276 e. The van der Waals surface area contributed by atoms with E-state index in [1.54, 1.807) is 6.07 Å². The predicted octanol–water partition coefficient (Wildman–Crippen LogP) is 3.70. The Balaban J connectivity index is 1.75. The number of amides is 2. The fourth-order valence-electron chi connectivity index (χ4n) is 2.31. The zero-order chi connectivity index (χ0) is 20.1. The molecule has 0 unspecified atom stereocenters. The number of halogens is 3. The van der Waals surface area contributed by atoms with E-state index in [2.05, 4.69) is 36.5 Å². The minimum Gasteiger partial charge on any atom is -0.347 e. The number of hydrogen-bond donors (Lipinski definition) is 2. The van der Waals surface area contributed by atoms with Crippen molar-refractivity contribution in [1.29, 1.82) is 0 Å². The molecule has 0 atom stereocenters. The Hall–Kier alpha value is -3.20. The van der Waals surface area contributed by atoms with Gasteiger partial charge in [-0.3, -0.25) is 9.59 Å². The SMILES string of the molecule is O=C(NCc1ccc(F)cc1)c1nccnc1C(=O)Nc1ccc(Br)cc1F. The molecule has 0 aliphatic carbocycles. The van der Waals surface area contributed by atoms with Crippen LogP contribution in [0.5, 0.6) is 0 Å². The Morgan fingerprint density at radius 3 is 2.21 bits per heavy atom. The van der Waals surface area contributed by atoms with Gasteiger partial charge >= 0.3 is 0 Å². The summed E-state index contributed by atoms with van der Waals surface area (Å²) in [5.74, 6) is -2.45. The van der Waals surface area contributed by atoms with Gasteiger partial charge in [-0.1, -0.05) is 28.1 Å². The van der Waals surface area contributed by atoms with Gasteiger partial charge in [-0.05, 0) is 35.9 Å². The summed E-state index contributed by atoms with van der Waals surface area (Å²) < 4.78 is 27.4. The molecular formula is C19H13BrF2N4O2. The Labute approximate surface area is 167 Å². The molecule has 1 aromatic heterocycles. The van der Waals surface area contributed by atoms with Gasteiger partial charge in [-0.2, -0.15) is 0 Å². The van der Waals surface area contributed by atoms with Gasteiger partial charge in [-0.25, -0.2) is 18.7 Å². The Morgan fingerprint density at radius 2 is 1.57 bits per heavy atom. The monoisotopic (exact) mass is 446 g/mol. The van der Waals surface area contributed by atoms with Crippen molar-refractivity contribution in [2.45, 2.75) is 6.54 Å². The second kappa shape index (κ2) is 8.66. The van der Waals surface area contributed by atoms with Crippen LogP contribution >= 0.6 is 15.9 Å². The second-order valence-corrected chi connectivity index (χ2v) is 6.56. The van der Waals surface area contributed by atoms with Crippen LogP contribution in [0.3, 0.4) is 0 Å². The molecule has 3 rings (SSSR count). The largest absolute Gasteiger partial charge is 0.347 e. The van der Waals surface area contributed by atoms with Crippen molar-refractivity contribution in [3.8, 4) is 0 Å². The number of hydrogen-bond acceptors (Lipinski definition) is 4. The van der Waals surface area contributed by atoms with Gasteiger partial charge in [0.15, 0.2) is 11.4 Å². The normalized spacial score (nSPS) is 10.4. The number of anilines is 1. The molecular weight excluding hydrogens is 434 g/mol. The molecule has 0 fully saturated rings. The molecule has 3 aromatic rings. The molecule has 28 heavy (non-hydrogen) atoms. The van der Waals surface area contributed by atoms with Crippen molar-refractivity contribution in [2.24, 2.45) is 0 Å². The minimum atomic E-state index is -0.777. The number of carbonyl (C=O) groups is 2. The highest BCUT2D eigenvalue weighted by Gasteiger charge is 2.21. The van der Waals surface area contributed by atoms with Crippen LogP contribution in [0.25, 0.3) is 0 Å². The van der Waals surface area contributed by atoms with Gasteiger partial charge in [0.1, 0.15) is 11.6 Å². The molecule has 9 heteroatoms. The van der Waals surface area contributed by atoms with Gasteiger partial charge in [0.2, 0.25) is 0 Å². The zero-order valence-electron chi connectivity index (χ0n) is 14.2. The van der Waals surface area contributed by atoms with E-state index >= 15 is 0 Å². The van der Waals surface area contributed by atoms with Crippen LogP contribution in [-0.4, -0.2) is 21.8 Å². The Bertz CT molecular complexity index is 1030. The maximum atomic E-state index is 13.9. The topological polar surface area (TPSA) is 84.0 Å². The van der Waals surface area contributed by atoms with Crippen LogP contribution in [0.4, 0.5) is 14.5 Å². The van der Waals surface area contributed by atoms with E-state index in [9.17, 15) is 18.4 Å². The van der Waals surface area contributed by atoms with Crippen LogP contribution in [0.15, 0.2) is 59.3 Å². The summed E-state index contributed by atoms with van der Waals surface area (Å²) in [6, 6.07) is 9.73. The summed E-state index contributed by atoms with van der Waals surface area (Å²) in [5, 5.41) is 4.96. The summed E-state index contributed by atoms with van der Waals surface area (Å²) in [7, 11) is 0. The maximum absolute atomic E-state index is 13.9. The molecule has 0 aliphatic rings. The first-order valence-electron chi connectivity index (χ1n) is 8.04. The lowest BCUT2D eigenvalue weighted by atomic mass is 10.2. The first-order valence-corrected chi connectivity index (χ1v) is 8.83. The molecule has 142 valence electrons. The maximum Gasteiger partial charge on any atom is 0.276 e. The van der Waals surface area contributed by atoms with Gasteiger partial charge in [0.25, 0.3) is 11.8 Å². The molecule has 0 bridgehead atoms. The highest BCUT2D eigenvalue weighted by molar-refractivity contribution is 9.10. The van der Waals surface area contributed by atoms with Crippen molar-refractivity contribution in [1.82, 2.24) is 15.3 Å². The highest BCUT2D eigenvalue weighted by Crippen LogP contribution is 2.20. The summed E-state index contributed by atoms with van der Waals surface area (Å²) in [6.45, 7) is 0.109. The Morgan fingerprint density at radius 1 is 0.929 bits per heavy atom. The summed E-state index contributed by atoms with van der Waals surface area (Å²) >= 11 is 3.13. The van der Waals surface area contributed by atoms with Crippen molar-refractivity contribution in [2.75, 3.05) is 5.32 Å². The van der Waals surface area contributed by atoms with Crippen molar-refractivity contribution < 1.29 is 18.4 Å². The average molecular weight is 447 g/mol. The summed E-state index contributed by atoms with van der Waals surface area (Å²) in [5.41, 5.74) is 0.152. The third kappa shape index (κ3) is 4.74. The first-order chi connectivity index (χ1) is 13.4. The molecule has 0 spiro atoms. The van der Waals surface area contributed by atoms with Crippen LogP contribution < -0.4 is 10.6 Å². The number of benzene rings is 2. The lowest BCUT2D eigenvalue weighted by Gasteiger charge is -2.10. The quantitative estimate of drug-likeness (QED) is 0.625. The molecule has 2 aromatic carbocycles. The van der Waals surface area contributed by atoms with E-state index in [4.69, 9.17) is 0 Å². The highest BCUT2D eigenvalue weighted by atomic mass is 79.9. The molecule has 2 amide bonds. The van der Waals surface area contributed by atoms with Crippen LogP contribution in [-0.2, 0) is 6.54 Å². The minimum absolute atomic E-state index is 0.0588. The first kappa shape index (κ1) is 19.6.